The number of hydrogen-bond acceptors (Lipinski definition) is 2. The molecule has 0 amide bonds. The van der Waals surface area contributed by atoms with E-state index in [0.29, 0.717) is 17.4 Å². The van der Waals surface area contributed by atoms with Gasteiger partial charge in [-0.25, -0.2) is 4.39 Å². The number of carboxylic acids is 1. The van der Waals surface area contributed by atoms with Crippen LogP contribution in [0.25, 0.3) is 0 Å². The van der Waals surface area contributed by atoms with Gasteiger partial charge in [-0.1, -0.05) is 12.1 Å². The van der Waals surface area contributed by atoms with Crippen molar-refractivity contribution in [3.05, 3.63) is 34.1 Å². The van der Waals surface area contributed by atoms with Gasteiger partial charge in [0, 0.05) is 6.54 Å². The molecule has 0 saturated carbocycles. The zero-order valence-electron chi connectivity index (χ0n) is 10.8. The van der Waals surface area contributed by atoms with E-state index in [4.69, 9.17) is 0 Å². The molecule has 5 heteroatoms. The highest BCUT2D eigenvalue weighted by molar-refractivity contribution is 9.10. The molecule has 19 heavy (non-hydrogen) atoms. The van der Waals surface area contributed by atoms with Gasteiger partial charge < -0.3 is 5.11 Å². The van der Waals surface area contributed by atoms with Gasteiger partial charge in [-0.05, 0) is 60.3 Å². The summed E-state index contributed by atoms with van der Waals surface area (Å²) in [4.78, 5) is 13.4. The molecule has 0 aromatic heterocycles. The second kappa shape index (κ2) is 5.59. The van der Waals surface area contributed by atoms with Crippen molar-refractivity contribution in [3.8, 4) is 0 Å². The molecule has 104 valence electrons. The van der Waals surface area contributed by atoms with Crippen LogP contribution in [0.3, 0.4) is 0 Å². The van der Waals surface area contributed by atoms with Gasteiger partial charge in [0.05, 0.1) is 4.47 Å². The van der Waals surface area contributed by atoms with Gasteiger partial charge in [0.1, 0.15) is 11.4 Å². The highest BCUT2D eigenvalue weighted by atomic mass is 79.9. The smallest absolute Gasteiger partial charge is 0.323 e. The lowest BCUT2D eigenvalue weighted by Gasteiger charge is -2.41. The Morgan fingerprint density at radius 3 is 2.95 bits per heavy atom. The number of carbonyl (C=O) groups is 1. The Balaban J connectivity index is 2.25. The minimum absolute atomic E-state index is 0.313. The summed E-state index contributed by atoms with van der Waals surface area (Å²) in [5.41, 5.74) is -0.0707. The van der Waals surface area contributed by atoms with E-state index in [-0.39, 0.29) is 5.82 Å². The summed E-state index contributed by atoms with van der Waals surface area (Å²) in [6.07, 6.45) is 2.54. The molecule has 1 saturated heterocycles. The minimum atomic E-state index is -0.857. The Morgan fingerprint density at radius 2 is 2.26 bits per heavy atom. The molecule has 0 radical (unpaired) electrons. The molecule has 0 aliphatic carbocycles. The first-order valence-corrected chi connectivity index (χ1v) is 7.16. The van der Waals surface area contributed by atoms with Crippen molar-refractivity contribution in [2.75, 3.05) is 6.54 Å². The Morgan fingerprint density at radius 1 is 1.53 bits per heavy atom. The van der Waals surface area contributed by atoms with E-state index in [1.54, 1.807) is 13.0 Å². The Kier molecular flexibility index (Phi) is 4.26. The highest BCUT2D eigenvalue weighted by Gasteiger charge is 2.41. The van der Waals surface area contributed by atoms with Crippen LogP contribution in [0.15, 0.2) is 22.7 Å². The summed E-state index contributed by atoms with van der Waals surface area (Å²) in [7, 11) is 0. The predicted molar refractivity (Wildman–Crippen MR) is 74.4 cm³/mol. The minimum Gasteiger partial charge on any atom is -0.480 e. The van der Waals surface area contributed by atoms with Gasteiger partial charge in [0.2, 0.25) is 0 Å². The van der Waals surface area contributed by atoms with Crippen LogP contribution in [0, 0.1) is 5.82 Å². The maximum atomic E-state index is 13.5. The van der Waals surface area contributed by atoms with Crippen molar-refractivity contribution < 1.29 is 14.3 Å². The zero-order chi connectivity index (χ0) is 14.0. The molecule has 1 unspecified atom stereocenters. The molecule has 0 bridgehead atoms. The van der Waals surface area contributed by atoms with Crippen LogP contribution >= 0.6 is 15.9 Å². The van der Waals surface area contributed by atoms with Crippen LogP contribution < -0.4 is 0 Å². The summed E-state index contributed by atoms with van der Waals surface area (Å²) in [6, 6.07) is 4.86. The third kappa shape index (κ3) is 2.82. The zero-order valence-corrected chi connectivity index (χ0v) is 12.4. The van der Waals surface area contributed by atoms with Gasteiger partial charge in [0.15, 0.2) is 0 Å². The Labute approximate surface area is 120 Å². The number of carboxylic acid groups (broad SMARTS) is 1. The molecule has 1 aliphatic heterocycles. The largest absolute Gasteiger partial charge is 0.480 e. The summed E-state index contributed by atoms with van der Waals surface area (Å²) >= 11 is 3.23. The standard InChI is InChI=1S/C14H17BrFNO2/c1-14(13(18)19)7-2-3-8-17(14)9-10-5-4-6-11(16)12(10)15/h4-6H,2-3,7-9H2,1H3,(H,18,19). The quantitative estimate of drug-likeness (QED) is 0.923. The van der Waals surface area contributed by atoms with Crippen LogP contribution in [0.2, 0.25) is 0 Å². The molecule has 0 spiro atoms. The van der Waals surface area contributed by atoms with Gasteiger partial charge in [0.25, 0.3) is 0 Å². The number of hydrogen-bond donors (Lipinski definition) is 1. The first-order valence-electron chi connectivity index (χ1n) is 6.36. The van der Waals surface area contributed by atoms with E-state index in [1.165, 1.54) is 6.07 Å². The summed E-state index contributed by atoms with van der Waals surface area (Å²) in [5, 5.41) is 9.44. The van der Waals surface area contributed by atoms with E-state index in [2.05, 4.69) is 15.9 Å². The molecule has 1 fully saturated rings. The molecule has 1 atom stereocenters. The van der Waals surface area contributed by atoms with Crippen LogP contribution in [0.1, 0.15) is 31.7 Å². The second-order valence-electron chi connectivity index (χ2n) is 5.17. The van der Waals surface area contributed by atoms with E-state index >= 15 is 0 Å². The van der Waals surface area contributed by atoms with E-state index in [0.717, 1.165) is 24.9 Å². The average Bonchev–Trinajstić information content (AvgIpc) is 2.37. The van der Waals surface area contributed by atoms with Crippen molar-refractivity contribution >= 4 is 21.9 Å². The lowest BCUT2D eigenvalue weighted by atomic mass is 9.88. The third-order valence-corrected chi connectivity index (χ3v) is 4.78. The maximum absolute atomic E-state index is 13.5. The van der Waals surface area contributed by atoms with Gasteiger partial charge in [-0.15, -0.1) is 0 Å². The summed E-state index contributed by atoms with van der Waals surface area (Å²) < 4.78 is 13.9. The first-order chi connectivity index (χ1) is 8.95. The van der Waals surface area contributed by atoms with Crippen molar-refractivity contribution in [2.45, 2.75) is 38.3 Å². The molecule has 1 aliphatic rings. The van der Waals surface area contributed by atoms with Crippen LogP contribution in [-0.4, -0.2) is 28.1 Å². The predicted octanol–water partition coefficient (Wildman–Crippen LogP) is 3.42. The Hall–Kier alpha value is -0.940. The molecule has 2 rings (SSSR count). The monoisotopic (exact) mass is 329 g/mol. The molecule has 3 nitrogen and oxygen atoms in total. The number of piperidine rings is 1. The molecular weight excluding hydrogens is 313 g/mol. The number of benzene rings is 1. The maximum Gasteiger partial charge on any atom is 0.323 e. The van der Waals surface area contributed by atoms with Crippen LogP contribution in [0.5, 0.6) is 0 Å². The lowest BCUT2D eigenvalue weighted by Crippen LogP contribution is -2.54. The molecular formula is C14H17BrFNO2. The van der Waals surface area contributed by atoms with Crippen molar-refractivity contribution in [1.29, 1.82) is 0 Å². The topological polar surface area (TPSA) is 40.5 Å². The van der Waals surface area contributed by atoms with Gasteiger partial charge in [-0.3, -0.25) is 9.69 Å². The SMILES string of the molecule is CC1(C(=O)O)CCCCN1Cc1cccc(F)c1Br. The van der Waals surface area contributed by atoms with Crippen LogP contribution in [-0.2, 0) is 11.3 Å². The fourth-order valence-electron chi connectivity index (χ4n) is 2.55. The first kappa shape index (κ1) is 14.5. The lowest BCUT2D eigenvalue weighted by molar-refractivity contribution is -0.153. The number of likely N-dealkylation sites (tertiary alicyclic amines) is 1. The van der Waals surface area contributed by atoms with Crippen LogP contribution in [0.4, 0.5) is 4.39 Å². The van der Waals surface area contributed by atoms with E-state index in [1.807, 2.05) is 11.0 Å². The van der Waals surface area contributed by atoms with Gasteiger partial charge >= 0.3 is 5.97 Å². The van der Waals surface area contributed by atoms with Crippen molar-refractivity contribution in [3.63, 3.8) is 0 Å². The fraction of sp³-hybridized carbons (Fsp3) is 0.500. The summed E-state index contributed by atoms with van der Waals surface area (Å²) in [5.74, 6) is -1.12. The second-order valence-corrected chi connectivity index (χ2v) is 5.96. The molecule has 1 aromatic carbocycles. The molecule has 1 aromatic rings. The molecule has 1 N–H and O–H groups in total. The normalized spacial score (nSPS) is 24.4. The average molecular weight is 330 g/mol. The Bertz CT molecular complexity index is 494. The summed E-state index contributed by atoms with van der Waals surface area (Å²) in [6.45, 7) is 2.93. The third-order valence-electron chi connectivity index (χ3n) is 3.89. The number of nitrogens with zero attached hydrogens (tertiary/aromatic N) is 1. The van der Waals surface area contributed by atoms with Crippen molar-refractivity contribution in [1.82, 2.24) is 4.90 Å². The number of rotatable bonds is 3. The number of halogens is 2. The van der Waals surface area contributed by atoms with E-state index in [9.17, 15) is 14.3 Å². The van der Waals surface area contributed by atoms with Crippen molar-refractivity contribution in [2.24, 2.45) is 0 Å². The fourth-order valence-corrected chi connectivity index (χ4v) is 2.94. The van der Waals surface area contributed by atoms with Gasteiger partial charge in [-0.2, -0.15) is 0 Å². The highest BCUT2D eigenvalue weighted by Crippen LogP contribution is 2.31. The van der Waals surface area contributed by atoms with E-state index < -0.39 is 11.5 Å². The number of aliphatic carboxylic acids is 1. The molecule has 1 heterocycles.